The summed E-state index contributed by atoms with van der Waals surface area (Å²) in [5, 5.41) is 9.16. The van der Waals surface area contributed by atoms with Crippen LogP contribution in [0.25, 0.3) is 0 Å². The van der Waals surface area contributed by atoms with Crippen molar-refractivity contribution >= 4 is 43.2 Å². The zero-order valence-corrected chi connectivity index (χ0v) is 13.7. The number of nitrogens with two attached hydrogens (primary N) is 1. The molecule has 5 nitrogen and oxygen atoms in total. The van der Waals surface area contributed by atoms with E-state index < -0.39 is 15.6 Å². The molecule has 1 aromatic carbocycles. The minimum atomic E-state index is -3.79. The highest BCUT2D eigenvalue weighted by atomic mass is 79.9. The Hall–Kier alpha value is -0.340. The predicted molar refractivity (Wildman–Crippen MR) is 79.7 cm³/mol. The first-order chi connectivity index (χ1) is 8.59. The van der Waals surface area contributed by atoms with E-state index in [2.05, 4.69) is 20.7 Å². The van der Waals surface area contributed by atoms with Crippen LogP contribution in [0.2, 0.25) is 5.02 Å². The molecule has 8 heteroatoms. The lowest BCUT2D eigenvalue weighted by molar-refractivity contribution is 0.245. The molecule has 1 aromatic rings. The number of benzene rings is 1. The largest absolute Gasteiger partial charge is 0.398 e. The van der Waals surface area contributed by atoms with E-state index in [0.29, 0.717) is 6.42 Å². The van der Waals surface area contributed by atoms with Crippen molar-refractivity contribution in [3.05, 3.63) is 21.6 Å². The summed E-state index contributed by atoms with van der Waals surface area (Å²) < 4.78 is 27.4. The topological polar surface area (TPSA) is 92.4 Å². The molecule has 0 aliphatic rings. The molecule has 0 saturated carbocycles. The fourth-order valence-corrected chi connectivity index (χ4v) is 4.26. The van der Waals surface area contributed by atoms with Crippen molar-refractivity contribution in [2.45, 2.75) is 30.7 Å². The Morgan fingerprint density at radius 2 is 2.05 bits per heavy atom. The van der Waals surface area contributed by atoms with E-state index in [0.717, 1.165) is 0 Å². The van der Waals surface area contributed by atoms with Gasteiger partial charge in [-0.3, -0.25) is 0 Å². The molecule has 108 valence electrons. The summed E-state index contributed by atoms with van der Waals surface area (Å²) in [6, 6.07) is 2.78. The molecule has 0 unspecified atom stereocenters. The van der Waals surface area contributed by atoms with Crippen molar-refractivity contribution in [2.24, 2.45) is 0 Å². The van der Waals surface area contributed by atoms with Gasteiger partial charge in [0.1, 0.15) is 0 Å². The summed E-state index contributed by atoms with van der Waals surface area (Å²) in [4.78, 5) is -0.0245. The Kier molecular flexibility index (Phi) is 5.25. The number of aliphatic hydroxyl groups is 1. The van der Waals surface area contributed by atoms with Gasteiger partial charge >= 0.3 is 0 Å². The second-order valence-corrected chi connectivity index (χ2v) is 7.65. The summed E-state index contributed by atoms with van der Waals surface area (Å²) in [6.45, 7) is 3.25. The maximum atomic E-state index is 12.3. The van der Waals surface area contributed by atoms with Crippen molar-refractivity contribution in [1.82, 2.24) is 4.72 Å². The van der Waals surface area contributed by atoms with Crippen LogP contribution in [0.4, 0.5) is 5.69 Å². The van der Waals surface area contributed by atoms with Crippen molar-refractivity contribution in [3.63, 3.8) is 0 Å². The van der Waals surface area contributed by atoms with E-state index in [4.69, 9.17) is 22.4 Å². The second-order valence-electron chi connectivity index (χ2n) is 4.77. The van der Waals surface area contributed by atoms with E-state index in [9.17, 15) is 8.42 Å². The van der Waals surface area contributed by atoms with Gasteiger partial charge in [0.2, 0.25) is 10.0 Å². The number of anilines is 1. The average molecular weight is 372 g/mol. The van der Waals surface area contributed by atoms with Crippen molar-refractivity contribution in [1.29, 1.82) is 0 Å². The standard InChI is InChI=1S/C11H16BrClN2O3S/c1-11(2,3-4-16)15-19(17,18)9-6-7(13)5-8(14)10(9)12/h5-6,15-16H,3-4,14H2,1-2H3. The van der Waals surface area contributed by atoms with Crippen LogP contribution in [0.1, 0.15) is 20.3 Å². The van der Waals surface area contributed by atoms with Crippen LogP contribution in [0, 0.1) is 0 Å². The van der Waals surface area contributed by atoms with Crippen LogP contribution < -0.4 is 10.5 Å². The summed E-state index contributed by atoms with van der Waals surface area (Å²) >= 11 is 8.97. The van der Waals surface area contributed by atoms with E-state index in [1.54, 1.807) is 13.8 Å². The van der Waals surface area contributed by atoms with Crippen molar-refractivity contribution in [2.75, 3.05) is 12.3 Å². The van der Waals surface area contributed by atoms with Gasteiger partial charge < -0.3 is 10.8 Å². The zero-order valence-electron chi connectivity index (χ0n) is 10.6. The molecule has 0 aromatic heterocycles. The fraction of sp³-hybridized carbons (Fsp3) is 0.455. The highest BCUT2D eigenvalue weighted by molar-refractivity contribution is 9.10. The number of aliphatic hydroxyl groups excluding tert-OH is 1. The highest BCUT2D eigenvalue weighted by Gasteiger charge is 2.28. The SMILES string of the molecule is CC(C)(CCO)NS(=O)(=O)c1cc(Cl)cc(N)c1Br. The normalized spacial score (nSPS) is 12.7. The number of sulfonamides is 1. The Morgan fingerprint density at radius 1 is 1.47 bits per heavy atom. The number of rotatable bonds is 5. The third kappa shape index (κ3) is 4.32. The molecule has 0 bridgehead atoms. The first-order valence-electron chi connectivity index (χ1n) is 5.48. The minimum absolute atomic E-state index is 0.0245. The zero-order chi connectivity index (χ0) is 14.8. The molecule has 1 rings (SSSR count). The summed E-state index contributed by atoms with van der Waals surface area (Å²) in [7, 11) is -3.79. The molecule has 0 spiro atoms. The smallest absolute Gasteiger partial charge is 0.242 e. The molecule has 0 aliphatic carbocycles. The molecule has 0 atom stereocenters. The first kappa shape index (κ1) is 16.7. The molecule has 0 fully saturated rings. The molecule has 0 saturated heterocycles. The monoisotopic (exact) mass is 370 g/mol. The van der Waals surface area contributed by atoms with Gasteiger partial charge in [-0.05, 0) is 48.3 Å². The van der Waals surface area contributed by atoms with Gasteiger partial charge in [0.25, 0.3) is 0 Å². The van der Waals surface area contributed by atoms with E-state index in [1.807, 2.05) is 0 Å². The Labute approximate surface area is 126 Å². The van der Waals surface area contributed by atoms with Gasteiger partial charge in [-0.15, -0.1) is 0 Å². The lowest BCUT2D eigenvalue weighted by atomic mass is 10.0. The summed E-state index contributed by atoms with van der Waals surface area (Å²) in [6.07, 6.45) is 0.292. The van der Waals surface area contributed by atoms with E-state index in [-0.39, 0.29) is 26.7 Å². The lowest BCUT2D eigenvalue weighted by Crippen LogP contribution is -2.44. The maximum absolute atomic E-state index is 12.3. The number of hydrogen-bond acceptors (Lipinski definition) is 4. The molecular formula is C11H16BrClN2O3S. The molecular weight excluding hydrogens is 356 g/mol. The average Bonchev–Trinajstić information content (AvgIpc) is 2.21. The first-order valence-corrected chi connectivity index (χ1v) is 8.14. The van der Waals surface area contributed by atoms with Gasteiger partial charge in [0.15, 0.2) is 0 Å². The van der Waals surface area contributed by atoms with E-state index >= 15 is 0 Å². The van der Waals surface area contributed by atoms with Crippen LogP contribution in [0.15, 0.2) is 21.5 Å². The molecule has 0 radical (unpaired) electrons. The third-order valence-electron chi connectivity index (χ3n) is 2.47. The van der Waals surface area contributed by atoms with Gasteiger partial charge in [-0.2, -0.15) is 0 Å². The van der Waals surface area contributed by atoms with E-state index in [1.165, 1.54) is 12.1 Å². The summed E-state index contributed by atoms with van der Waals surface area (Å²) in [5.41, 5.74) is 5.15. The van der Waals surface area contributed by atoms with Gasteiger partial charge in [0.05, 0.1) is 9.37 Å². The molecule has 4 N–H and O–H groups in total. The third-order valence-corrected chi connectivity index (χ3v) is 5.56. The Balaban J connectivity index is 3.22. The number of hydrogen-bond donors (Lipinski definition) is 3. The van der Waals surface area contributed by atoms with Crippen LogP contribution in [0.5, 0.6) is 0 Å². The number of nitrogen functional groups attached to an aromatic ring is 1. The summed E-state index contributed by atoms with van der Waals surface area (Å²) in [5.74, 6) is 0. The molecule has 0 aliphatic heterocycles. The molecule has 0 heterocycles. The van der Waals surface area contributed by atoms with Gasteiger partial charge in [-0.25, -0.2) is 13.1 Å². The van der Waals surface area contributed by atoms with Gasteiger partial charge in [-0.1, -0.05) is 11.6 Å². The Morgan fingerprint density at radius 3 is 2.58 bits per heavy atom. The van der Waals surface area contributed by atoms with Gasteiger partial charge in [0, 0.05) is 22.9 Å². The van der Waals surface area contributed by atoms with Crippen LogP contribution in [-0.4, -0.2) is 25.7 Å². The highest BCUT2D eigenvalue weighted by Crippen LogP contribution is 2.32. The molecule has 19 heavy (non-hydrogen) atoms. The minimum Gasteiger partial charge on any atom is -0.398 e. The number of halogens is 2. The fourth-order valence-electron chi connectivity index (χ4n) is 1.53. The second kappa shape index (κ2) is 5.97. The van der Waals surface area contributed by atoms with Crippen molar-refractivity contribution in [3.8, 4) is 0 Å². The Bertz CT molecular complexity index is 576. The predicted octanol–water partition coefficient (Wildman–Crippen LogP) is 2.12. The lowest BCUT2D eigenvalue weighted by Gasteiger charge is -2.25. The maximum Gasteiger partial charge on any atom is 0.242 e. The van der Waals surface area contributed by atoms with Crippen LogP contribution in [0.3, 0.4) is 0 Å². The quantitative estimate of drug-likeness (QED) is 0.691. The van der Waals surface area contributed by atoms with Crippen LogP contribution in [-0.2, 0) is 10.0 Å². The number of nitrogens with one attached hydrogen (secondary N) is 1. The molecule has 0 amide bonds. The van der Waals surface area contributed by atoms with Crippen LogP contribution >= 0.6 is 27.5 Å². The van der Waals surface area contributed by atoms with Crippen molar-refractivity contribution < 1.29 is 13.5 Å².